The molecule has 41 heavy (non-hydrogen) atoms. The van der Waals surface area contributed by atoms with E-state index in [1.54, 1.807) is 13.1 Å². The van der Waals surface area contributed by atoms with E-state index in [-0.39, 0.29) is 0 Å². The third-order valence-corrected chi connectivity index (χ3v) is 6.09. The fourth-order valence-corrected chi connectivity index (χ4v) is 4.48. The molecule has 0 aliphatic rings. The van der Waals surface area contributed by atoms with Crippen LogP contribution in [-0.4, -0.2) is 91.3 Å². The van der Waals surface area contributed by atoms with Gasteiger partial charge < -0.3 is 37.0 Å². The van der Waals surface area contributed by atoms with Gasteiger partial charge in [-0.05, 0) is 0 Å². The molecule has 18 heteroatoms. The molecule has 0 unspecified atom stereocenters. The molecule has 0 radical (unpaired) electrons. The molecule has 0 saturated heterocycles. The average Bonchev–Trinajstić information content (AvgIpc) is 2.82. The predicted octanol–water partition coefficient (Wildman–Crippen LogP) is 0.848. The second kappa shape index (κ2) is 21.3. The second-order valence-electron chi connectivity index (χ2n) is 7.74. The van der Waals surface area contributed by atoms with Gasteiger partial charge in [0.05, 0.1) is 21.3 Å². The second-order valence-corrected chi connectivity index (χ2v) is 14.2. The molecular weight excluding hydrogens is 588 g/mol. The van der Waals surface area contributed by atoms with E-state index in [1.807, 2.05) is 0 Å². The van der Waals surface area contributed by atoms with Crippen LogP contribution in [0.2, 0.25) is 26.2 Å². The van der Waals surface area contributed by atoms with E-state index in [9.17, 15) is 38.4 Å². The first-order valence-electron chi connectivity index (χ1n) is 11.1. The van der Waals surface area contributed by atoms with Gasteiger partial charge >= 0.3 is 52.9 Å². The number of aliphatic carboxylic acids is 1. The van der Waals surface area contributed by atoms with Gasteiger partial charge in [-0.2, -0.15) is 0 Å². The molecule has 230 valence electrons. The minimum Gasteiger partial charge on any atom is -0.485 e. The molecule has 0 aromatic heterocycles. The van der Waals surface area contributed by atoms with Gasteiger partial charge in [-0.15, -0.1) is 0 Å². The minimum absolute atomic E-state index is 0.414. The first-order chi connectivity index (χ1) is 18.7. The predicted molar refractivity (Wildman–Crippen MR) is 142 cm³/mol. The van der Waals surface area contributed by atoms with Gasteiger partial charge in [0.1, 0.15) is 0 Å². The monoisotopic (exact) mass is 622 g/mol. The lowest BCUT2D eigenvalue weighted by molar-refractivity contribution is -0.139. The first kappa shape index (κ1) is 40.9. The molecule has 0 spiro atoms. The van der Waals surface area contributed by atoms with Crippen molar-refractivity contribution in [3.8, 4) is 0 Å². The maximum atomic E-state index is 11.4. The Bertz CT molecular complexity index is 980. The fraction of sp³-hybridized carbons (Fsp3) is 0.391. The molecule has 0 amide bonds. The van der Waals surface area contributed by atoms with Crippen LogP contribution < -0.4 is 0 Å². The lowest BCUT2D eigenvalue weighted by Gasteiger charge is -2.20. The summed E-state index contributed by atoms with van der Waals surface area (Å²) in [5, 5.41) is 7.96. The van der Waals surface area contributed by atoms with Crippen molar-refractivity contribution in [2.45, 2.75) is 40.0 Å². The van der Waals surface area contributed by atoms with E-state index in [1.165, 1.54) is 34.1 Å². The summed E-state index contributed by atoms with van der Waals surface area (Å²) >= 11 is 0. The molecule has 0 fully saturated rings. The maximum absolute atomic E-state index is 11.4. The van der Waals surface area contributed by atoms with Crippen LogP contribution in [0.3, 0.4) is 0 Å². The summed E-state index contributed by atoms with van der Waals surface area (Å²) in [4.78, 5) is 85.2. The van der Waals surface area contributed by atoms with Gasteiger partial charge in [0, 0.05) is 76.5 Å². The number of carboxylic acid groups (broad SMARTS) is 1. The van der Waals surface area contributed by atoms with E-state index in [0.717, 1.165) is 44.6 Å². The summed E-state index contributed by atoms with van der Waals surface area (Å²) in [7, 11) is -2.14. The Morgan fingerprint density at radius 3 is 0.951 bits per heavy atom. The standard InChI is InChI=1S/C12H16O8Si.C6H12O4Si.C5H6O4/c1-17-9(13)5-7-11(15)19-21(3,4)20-12(16)8-6-10(14)18-2;1-5(7)9-11(3,4)10-6(2)8;1-9-5(8)3-2-4(6)7/h5-8H,1-4H3;1-4H3;2-3H,1H3,(H,6,7)/b7-5+,8-6+;;3-2+. The topological polar surface area (TPSA) is 221 Å². The van der Waals surface area contributed by atoms with E-state index in [0.29, 0.717) is 6.08 Å². The van der Waals surface area contributed by atoms with Crippen molar-refractivity contribution >= 4 is 64.9 Å². The SMILES string of the molecule is CC(=O)O[Si](C)(C)OC(C)=O.COC(=O)/C=C/C(=O)O.COC(=O)/C=C/C(=O)O[Si](C)(C)OC(=O)/C=C/C(=O)OC. The van der Waals surface area contributed by atoms with Crippen LogP contribution in [0, 0.1) is 0 Å². The minimum atomic E-state index is -3.10. The van der Waals surface area contributed by atoms with Crippen molar-refractivity contribution in [2.24, 2.45) is 0 Å². The Hall–Kier alpha value is -4.59. The van der Waals surface area contributed by atoms with Crippen molar-refractivity contribution in [1.29, 1.82) is 0 Å². The molecule has 0 aliphatic heterocycles. The highest BCUT2D eigenvalue weighted by Crippen LogP contribution is 2.08. The van der Waals surface area contributed by atoms with Gasteiger partial charge in [0.15, 0.2) is 0 Å². The molecule has 16 nitrogen and oxygen atoms in total. The van der Waals surface area contributed by atoms with Crippen LogP contribution >= 0.6 is 0 Å². The van der Waals surface area contributed by atoms with Gasteiger partial charge in [-0.1, -0.05) is 0 Å². The van der Waals surface area contributed by atoms with Crippen LogP contribution in [0.4, 0.5) is 0 Å². The van der Waals surface area contributed by atoms with Crippen LogP contribution in [0.25, 0.3) is 0 Å². The van der Waals surface area contributed by atoms with Gasteiger partial charge in [-0.3, -0.25) is 9.59 Å². The third-order valence-electron chi connectivity index (χ3n) is 3.15. The quantitative estimate of drug-likeness (QED) is 0.154. The molecule has 0 atom stereocenters. The fourth-order valence-electron chi connectivity index (χ4n) is 1.90. The number of hydrogen-bond acceptors (Lipinski definition) is 15. The summed E-state index contributed by atoms with van der Waals surface area (Å²) in [6, 6.07) is 0. The largest absolute Gasteiger partial charge is 0.485 e. The molecule has 0 saturated carbocycles. The van der Waals surface area contributed by atoms with Crippen molar-refractivity contribution in [3.05, 3.63) is 36.5 Å². The summed E-state index contributed by atoms with van der Waals surface area (Å²) in [5.41, 5.74) is 0. The number of hydrogen-bond donors (Lipinski definition) is 1. The smallest absolute Gasteiger partial charge is 0.458 e. The van der Waals surface area contributed by atoms with Crippen molar-refractivity contribution in [3.63, 3.8) is 0 Å². The Balaban J connectivity index is -0.000000602. The molecule has 0 aromatic carbocycles. The number of ether oxygens (including phenoxy) is 3. The Labute approximate surface area is 238 Å². The zero-order chi connectivity index (χ0) is 32.8. The van der Waals surface area contributed by atoms with Crippen LogP contribution in [0.5, 0.6) is 0 Å². The molecule has 0 rings (SSSR count). The van der Waals surface area contributed by atoms with Crippen molar-refractivity contribution in [1.82, 2.24) is 0 Å². The number of rotatable bonds is 10. The van der Waals surface area contributed by atoms with Gasteiger partial charge in [0.25, 0.3) is 11.9 Å². The van der Waals surface area contributed by atoms with Crippen molar-refractivity contribution < 1.29 is 75.4 Å². The number of carbonyl (C=O) groups is 8. The zero-order valence-corrected chi connectivity index (χ0v) is 26.0. The van der Waals surface area contributed by atoms with Gasteiger partial charge in [-0.25, -0.2) is 28.8 Å². The normalized spacial score (nSPS) is 10.7. The van der Waals surface area contributed by atoms with Crippen molar-refractivity contribution in [2.75, 3.05) is 21.3 Å². The summed E-state index contributed by atoms with van der Waals surface area (Å²) in [6.45, 7) is 8.74. The zero-order valence-electron chi connectivity index (χ0n) is 24.0. The molecule has 0 bridgehead atoms. The molecule has 1 N–H and O–H groups in total. The summed E-state index contributed by atoms with van der Waals surface area (Å²) in [6.07, 6.45) is 5.03. The number of carbonyl (C=O) groups excluding carboxylic acids is 7. The molecule has 0 aromatic rings. The van der Waals surface area contributed by atoms with Crippen LogP contribution in [-0.2, 0) is 70.3 Å². The summed E-state index contributed by atoms with van der Waals surface area (Å²) in [5.74, 6) is -5.79. The molecular formula is C23H34O16Si2. The molecule has 0 heterocycles. The lowest BCUT2D eigenvalue weighted by Crippen LogP contribution is -2.38. The lowest BCUT2D eigenvalue weighted by atomic mass is 10.5. The Morgan fingerprint density at radius 2 is 0.707 bits per heavy atom. The Kier molecular flexibility index (Phi) is 21.2. The van der Waals surface area contributed by atoms with E-state index < -0.39 is 64.9 Å². The van der Waals surface area contributed by atoms with E-state index in [2.05, 4.69) is 14.2 Å². The highest BCUT2D eigenvalue weighted by Gasteiger charge is 2.32. The number of methoxy groups -OCH3 is 3. The van der Waals surface area contributed by atoms with Crippen LogP contribution in [0.1, 0.15) is 13.8 Å². The highest BCUT2D eigenvalue weighted by atomic mass is 28.4. The van der Waals surface area contributed by atoms with Crippen LogP contribution in [0.15, 0.2) is 36.5 Å². The van der Waals surface area contributed by atoms with E-state index in [4.69, 9.17) is 22.8 Å². The van der Waals surface area contributed by atoms with E-state index >= 15 is 0 Å². The highest BCUT2D eigenvalue weighted by molar-refractivity contribution is 6.68. The first-order valence-corrected chi connectivity index (χ1v) is 16.7. The Morgan fingerprint density at radius 1 is 0.463 bits per heavy atom. The maximum Gasteiger partial charge on any atom is 0.458 e. The molecule has 0 aliphatic carbocycles. The number of carboxylic acids is 1. The van der Waals surface area contributed by atoms with Gasteiger partial charge in [0.2, 0.25) is 0 Å². The summed E-state index contributed by atoms with van der Waals surface area (Å²) < 4.78 is 32.2. The average molecular weight is 623 g/mol. The number of esters is 3. The third kappa shape index (κ3) is 29.8.